The fourth-order valence-electron chi connectivity index (χ4n) is 4.10. The van der Waals surface area contributed by atoms with Crippen LogP contribution in [0.25, 0.3) is 0 Å². The first kappa shape index (κ1) is 21.9. The van der Waals surface area contributed by atoms with Gasteiger partial charge in [-0.1, -0.05) is 12.5 Å². The first-order valence-electron chi connectivity index (χ1n) is 10.2. The van der Waals surface area contributed by atoms with E-state index in [0.717, 1.165) is 59.6 Å². The van der Waals surface area contributed by atoms with Crippen LogP contribution in [0.1, 0.15) is 47.8 Å². The zero-order chi connectivity index (χ0) is 23.0. The first-order chi connectivity index (χ1) is 15.2. The number of nitrogens with one attached hydrogen (secondary N) is 2. The Kier molecular flexibility index (Phi) is 5.69. The maximum Gasteiger partial charge on any atom is 0.325 e. The number of imide groups is 1. The van der Waals surface area contributed by atoms with Crippen LogP contribution in [0.3, 0.4) is 0 Å². The van der Waals surface area contributed by atoms with Gasteiger partial charge in [-0.25, -0.2) is 13.6 Å². The smallest absolute Gasteiger partial charge is 0.319 e. The minimum Gasteiger partial charge on any atom is -0.319 e. The van der Waals surface area contributed by atoms with Gasteiger partial charge in [-0.05, 0) is 55.9 Å². The number of carbonyl (C=O) groups is 3. The van der Waals surface area contributed by atoms with Crippen LogP contribution in [0.4, 0.5) is 18.6 Å². The highest BCUT2D eigenvalue weighted by Crippen LogP contribution is 2.37. The van der Waals surface area contributed by atoms with Gasteiger partial charge < -0.3 is 10.6 Å². The third-order valence-electron chi connectivity index (χ3n) is 5.86. The molecule has 1 unspecified atom stereocenters. The number of urea groups is 1. The Morgan fingerprint density at radius 2 is 2.00 bits per heavy atom. The lowest BCUT2D eigenvalue weighted by atomic mass is 9.92. The Morgan fingerprint density at radius 1 is 1.25 bits per heavy atom. The van der Waals surface area contributed by atoms with Crippen molar-refractivity contribution in [2.75, 3.05) is 11.9 Å². The summed E-state index contributed by atoms with van der Waals surface area (Å²) in [7, 11) is 0. The number of fused-ring (bicyclic) bond motifs is 1. The van der Waals surface area contributed by atoms with Crippen molar-refractivity contribution in [1.29, 1.82) is 5.26 Å². The molecule has 1 aliphatic carbocycles. The van der Waals surface area contributed by atoms with E-state index in [0.29, 0.717) is 10.6 Å². The quantitative estimate of drug-likeness (QED) is 0.540. The molecule has 1 aliphatic heterocycles. The van der Waals surface area contributed by atoms with E-state index in [-0.39, 0.29) is 5.56 Å². The zero-order valence-corrected chi connectivity index (χ0v) is 18.1. The number of benzene rings is 1. The van der Waals surface area contributed by atoms with Gasteiger partial charge in [0.2, 0.25) is 5.91 Å². The molecule has 2 aromatic rings. The van der Waals surface area contributed by atoms with Gasteiger partial charge in [-0.15, -0.1) is 11.3 Å². The molecule has 1 atom stereocenters. The predicted molar refractivity (Wildman–Crippen MR) is 113 cm³/mol. The van der Waals surface area contributed by atoms with Crippen LogP contribution in [0.2, 0.25) is 0 Å². The maximum atomic E-state index is 13.7. The van der Waals surface area contributed by atoms with E-state index in [2.05, 4.69) is 16.7 Å². The molecule has 10 heteroatoms. The predicted octanol–water partition coefficient (Wildman–Crippen LogP) is 3.57. The maximum absolute atomic E-state index is 13.7. The van der Waals surface area contributed by atoms with E-state index < -0.39 is 41.6 Å². The van der Waals surface area contributed by atoms with E-state index in [1.54, 1.807) is 0 Å². The van der Waals surface area contributed by atoms with Crippen LogP contribution in [-0.4, -0.2) is 29.3 Å². The number of nitrogens with zero attached hydrogens (tertiary/aromatic N) is 2. The summed E-state index contributed by atoms with van der Waals surface area (Å²) < 4.78 is 26.9. The van der Waals surface area contributed by atoms with Crippen LogP contribution in [-0.2, 0) is 28.0 Å². The summed E-state index contributed by atoms with van der Waals surface area (Å²) in [6.45, 7) is 0.791. The Balaban J connectivity index is 1.52. The summed E-state index contributed by atoms with van der Waals surface area (Å²) in [5.74, 6) is -3.61. The van der Waals surface area contributed by atoms with Crippen molar-refractivity contribution in [3.63, 3.8) is 0 Å². The third-order valence-corrected chi connectivity index (χ3v) is 7.07. The summed E-state index contributed by atoms with van der Waals surface area (Å²) >= 11 is 1.35. The Hall–Kier alpha value is -3.32. The first-order valence-corrected chi connectivity index (χ1v) is 11.0. The molecule has 1 saturated heterocycles. The number of aryl methyl sites for hydroxylation is 1. The van der Waals surface area contributed by atoms with Crippen molar-refractivity contribution in [2.45, 2.75) is 44.6 Å². The molecular weight excluding hydrogens is 438 g/mol. The highest BCUT2D eigenvalue weighted by molar-refractivity contribution is 7.16. The molecule has 7 nitrogen and oxygen atoms in total. The van der Waals surface area contributed by atoms with Gasteiger partial charge in [0.1, 0.15) is 23.2 Å². The minimum absolute atomic E-state index is 0.0615. The van der Waals surface area contributed by atoms with Gasteiger partial charge >= 0.3 is 6.03 Å². The summed E-state index contributed by atoms with van der Waals surface area (Å²) in [5, 5.41) is 15.1. The molecule has 1 aromatic carbocycles. The van der Waals surface area contributed by atoms with E-state index in [1.807, 2.05) is 0 Å². The van der Waals surface area contributed by atoms with Crippen molar-refractivity contribution < 1.29 is 23.2 Å². The SMILES string of the molecule is CC1(c2ccc(F)c(F)c2)NC(=O)N(CC(=O)Nc2sc3c(c2C#N)CCCCC3)C1=O. The van der Waals surface area contributed by atoms with Crippen LogP contribution in [0.5, 0.6) is 0 Å². The van der Waals surface area contributed by atoms with Gasteiger partial charge in [0, 0.05) is 4.88 Å². The van der Waals surface area contributed by atoms with E-state index in [4.69, 9.17) is 0 Å². The summed E-state index contributed by atoms with van der Waals surface area (Å²) in [4.78, 5) is 39.8. The lowest BCUT2D eigenvalue weighted by Gasteiger charge is -2.22. The van der Waals surface area contributed by atoms with Gasteiger partial charge in [-0.2, -0.15) is 5.26 Å². The van der Waals surface area contributed by atoms with Crippen LogP contribution < -0.4 is 10.6 Å². The zero-order valence-electron chi connectivity index (χ0n) is 17.3. The van der Waals surface area contributed by atoms with Crippen LogP contribution in [0.15, 0.2) is 18.2 Å². The molecule has 1 fully saturated rings. The molecule has 4 amide bonds. The normalized spacial score (nSPS) is 20.4. The van der Waals surface area contributed by atoms with Crippen molar-refractivity contribution in [3.05, 3.63) is 51.4 Å². The Bertz CT molecular complexity index is 1170. The highest BCUT2D eigenvalue weighted by Gasteiger charge is 2.49. The molecule has 2 heterocycles. The molecule has 0 spiro atoms. The number of amides is 4. The molecule has 0 saturated carbocycles. The third kappa shape index (κ3) is 3.73. The minimum atomic E-state index is -1.63. The van der Waals surface area contributed by atoms with Crippen LogP contribution in [0, 0.1) is 23.0 Å². The second kappa shape index (κ2) is 8.31. The second-order valence-corrected chi connectivity index (χ2v) is 9.11. The molecular formula is C22H20F2N4O3S. The number of thiophene rings is 1. The fraction of sp³-hybridized carbons (Fsp3) is 0.364. The van der Waals surface area contributed by atoms with Crippen molar-refractivity contribution in [2.24, 2.45) is 0 Å². The topological polar surface area (TPSA) is 102 Å². The number of nitriles is 1. The summed E-state index contributed by atoms with van der Waals surface area (Å²) in [6, 6.07) is 4.26. The number of rotatable bonds is 4. The van der Waals surface area contributed by atoms with Gasteiger partial charge in [0.25, 0.3) is 5.91 Å². The van der Waals surface area contributed by atoms with Crippen LogP contribution >= 0.6 is 11.3 Å². The summed E-state index contributed by atoms with van der Waals surface area (Å²) in [6.07, 6.45) is 4.73. The number of hydrogen-bond donors (Lipinski definition) is 2. The monoisotopic (exact) mass is 458 g/mol. The highest BCUT2D eigenvalue weighted by atomic mass is 32.1. The molecule has 0 bridgehead atoms. The van der Waals surface area contributed by atoms with E-state index >= 15 is 0 Å². The number of hydrogen-bond acceptors (Lipinski definition) is 5. The molecule has 0 radical (unpaired) electrons. The second-order valence-electron chi connectivity index (χ2n) is 8.00. The van der Waals surface area contributed by atoms with E-state index in [1.165, 1.54) is 24.3 Å². The lowest BCUT2D eigenvalue weighted by molar-refractivity contribution is -0.133. The number of anilines is 1. The standard InChI is InChI=1S/C22H20F2N4O3S/c1-22(12-7-8-15(23)16(24)9-12)20(30)28(21(31)27-22)11-18(29)26-19-14(10-25)13-5-3-2-4-6-17(13)32-19/h7-9H,2-6,11H2,1H3,(H,26,29)(H,27,31). The summed E-state index contributed by atoms with van der Waals surface area (Å²) in [5.41, 5.74) is -0.175. The molecule has 2 aliphatic rings. The average molecular weight is 458 g/mol. The molecule has 2 N–H and O–H groups in total. The van der Waals surface area contributed by atoms with Gasteiger partial charge in [0.15, 0.2) is 11.6 Å². The van der Waals surface area contributed by atoms with Gasteiger partial charge in [-0.3, -0.25) is 14.5 Å². The van der Waals surface area contributed by atoms with Crippen molar-refractivity contribution in [1.82, 2.24) is 10.2 Å². The molecule has 4 rings (SSSR count). The molecule has 32 heavy (non-hydrogen) atoms. The number of carbonyl (C=O) groups excluding carboxylic acids is 3. The Labute approximate surface area is 187 Å². The van der Waals surface area contributed by atoms with Crippen molar-refractivity contribution in [3.8, 4) is 6.07 Å². The van der Waals surface area contributed by atoms with E-state index in [9.17, 15) is 28.4 Å². The van der Waals surface area contributed by atoms with Crippen molar-refractivity contribution >= 4 is 34.2 Å². The molecule has 166 valence electrons. The van der Waals surface area contributed by atoms with Gasteiger partial charge in [0.05, 0.1) is 5.56 Å². The lowest BCUT2D eigenvalue weighted by Crippen LogP contribution is -2.42. The Morgan fingerprint density at radius 3 is 2.72 bits per heavy atom. The molecule has 1 aromatic heterocycles. The number of halogens is 2. The largest absolute Gasteiger partial charge is 0.325 e. The fourth-order valence-corrected chi connectivity index (χ4v) is 5.36. The average Bonchev–Trinajstić information content (AvgIpc) is 3.05.